The molecule has 0 unspecified atom stereocenters. The van der Waals surface area contributed by atoms with Gasteiger partial charge in [0.1, 0.15) is 11.6 Å². The van der Waals surface area contributed by atoms with Crippen molar-refractivity contribution in [1.82, 2.24) is 10.2 Å². The van der Waals surface area contributed by atoms with Gasteiger partial charge in [-0.05, 0) is 55.0 Å². The number of nitrogens with zero attached hydrogens (tertiary/aromatic N) is 2. The Morgan fingerprint density at radius 2 is 1.79 bits per heavy atom. The summed E-state index contributed by atoms with van der Waals surface area (Å²) in [5.74, 6) is -0.349. The fourth-order valence-corrected chi connectivity index (χ4v) is 3.80. The van der Waals surface area contributed by atoms with Gasteiger partial charge in [0.25, 0.3) is 0 Å². The molecular formula is C19H18FN3O5S. The van der Waals surface area contributed by atoms with Crippen molar-refractivity contribution >= 4 is 21.8 Å². The minimum atomic E-state index is -3.51. The molecular weight excluding hydrogens is 401 g/mol. The molecule has 0 aliphatic rings. The average molecular weight is 419 g/mol. The van der Waals surface area contributed by atoms with Gasteiger partial charge in [0.15, 0.2) is 9.84 Å². The molecule has 0 saturated carbocycles. The Balaban J connectivity index is 1.51. The van der Waals surface area contributed by atoms with Crippen LogP contribution in [-0.4, -0.2) is 37.4 Å². The van der Waals surface area contributed by atoms with Gasteiger partial charge >= 0.3 is 6.01 Å². The molecule has 1 amide bonds. The molecule has 2 aromatic carbocycles. The molecule has 3 aromatic rings. The van der Waals surface area contributed by atoms with Gasteiger partial charge in [0, 0.05) is 12.0 Å². The van der Waals surface area contributed by atoms with Crippen molar-refractivity contribution in [3.05, 3.63) is 54.3 Å². The molecule has 0 fully saturated rings. The number of hydrogen-bond acceptors (Lipinski definition) is 7. The van der Waals surface area contributed by atoms with Crippen LogP contribution in [0.4, 0.5) is 10.4 Å². The molecule has 8 nitrogen and oxygen atoms in total. The van der Waals surface area contributed by atoms with Crippen molar-refractivity contribution in [2.45, 2.75) is 17.7 Å². The Kier molecular flexibility index (Phi) is 6.23. The zero-order chi connectivity index (χ0) is 20.9. The summed E-state index contributed by atoms with van der Waals surface area (Å²) in [4.78, 5) is 12.2. The van der Waals surface area contributed by atoms with Crippen LogP contribution in [0.3, 0.4) is 0 Å². The summed E-state index contributed by atoms with van der Waals surface area (Å²) in [5.41, 5.74) is 0.505. The van der Waals surface area contributed by atoms with Crippen LogP contribution in [0, 0.1) is 5.82 Å². The largest absolute Gasteiger partial charge is 0.497 e. The number of methoxy groups -OCH3 is 1. The first-order valence-electron chi connectivity index (χ1n) is 8.63. The molecule has 0 spiro atoms. The Bertz CT molecular complexity index is 1080. The number of carbonyl (C=O) groups excluding carboxylic acids is 1. The number of benzene rings is 2. The highest BCUT2D eigenvalue weighted by molar-refractivity contribution is 7.91. The fourth-order valence-electron chi connectivity index (χ4n) is 2.49. The van der Waals surface area contributed by atoms with Crippen LogP contribution in [0.1, 0.15) is 12.8 Å². The third-order valence-electron chi connectivity index (χ3n) is 4.00. The van der Waals surface area contributed by atoms with Crippen molar-refractivity contribution in [3.63, 3.8) is 0 Å². The Morgan fingerprint density at radius 3 is 2.45 bits per heavy atom. The summed E-state index contributed by atoms with van der Waals surface area (Å²) in [5, 5.41) is 9.91. The summed E-state index contributed by atoms with van der Waals surface area (Å²) in [6.45, 7) is 0. The van der Waals surface area contributed by atoms with Crippen molar-refractivity contribution in [2.24, 2.45) is 0 Å². The predicted octanol–water partition coefficient (Wildman–Crippen LogP) is 3.08. The molecule has 0 bridgehead atoms. The molecule has 0 radical (unpaired) electrons. The van der Waals surface area contributed by atoms with E-state index in [1.165, 1.54) is 43.5 Å². The van der Waals surface area contributed by atoms with E-state index in [0.717, 1.165) is 0 Å². The van der Waals surface area contributed by atoms with Crippen molar-refractivity contribution in [2.75, 3.05) is 18.2 Å². The highest BCUT2D eigenvalue weighted by atomic mass is 32.2. The second-order valence-corrected chi connectivity index (χ2v) is 8.17. The Hall–Kier alpha value is -3.27. The zero-order valence-corrected chi connectivity index (χ0v) is 16.3. The van der Waals surface area contributed by atoms with Gasteiger partial charge in [0.05, 0.1) is 17.8 Å². The van der Waals surface area contributed by atoms with Crippen molar-refractivity contribution in [1.29, 1.82) is 0 Å². The second kappa shape index (κ2) is 8.82. The van der Waals surface area contributed by atoms with E-state index in [9.17, 15) is 17.6 Å². The van der Waals surface area contributed by atoms with Crippen molar-refractivity contribution in [3.8, 4) is 17.2 Å². The lowest BCUT2D eigenvalue weighted by Gasteiger charge is -2.05. The molecule has 0 aliphatic carbocycles. The molecule has 152 valence electrons. The van der Waals surface area contributed by atoms with Crippen LogP contribution in [0.15, 0.2) is 57.8 Å². The van der Waals surface area contributed by atoms with E-state index in [2.05, 4.69) is 15.5 Å². The van der Waals surface area contributed by atoms with Crippen molar-refractivity contribution < 1.29 is 26.8 Å². The molecule has 1 aromatic heterocycles. The van der Waals surface area contributed by atoms with Gasteiger partial charge in [-0.25, -0.2) is 12.8 Å². The predicted molar refractivity (Wildman–Crippen MR) is 103 cm³/mol. The lowest BCUT2D eigenvalue weighted by atomic mass is 10.2. The van der Waals surface area contributed by atoms with Gasteiger partial charge in [0.2, 0.25) is 11.8 Å². The lowest BCUT2D eigenvalue weighted by molar-refractivity contribution is -0.116. The summed E-state index contributed by atoms with van der Waals surface area (Å²) in [6, 6.07) is 11.4. The molecule has 10 heteroatoms. The van der Waals surface area contributed by atoms with E-state index < -0.39 is 21.6 Å². The SMILES string of the molecule is COc1ccc(S(=O)(=O)CCCC(=O)Nc2nnc(-c3ccc(F)cc3)o2)cc1. The van der Waals surface area contributed by atoms with Crippen LogP contribution in [0.2, 0.25) is 0 Å². The minimum absolute atomic E-state index is 0.0380. The van der Waals surface area contributed by atoms with Gasteiger partial charge in [-0.2, -0.15) is 0 Å². The maximum atomic E-state index is 13.0. The van der Waals surface area contributed by atoms with E-state index in [-0.39, 0.29) is 35.4 Å². The highest BCUT2D eigenvalue weighted by Crippen LogP contribution is 2.20. The topological polar surface area (TPSA) is 111 Å². The smallest absolute Gasteiger partial charge is 0.322 e. The third-order valence-corrected chi connectivity index (χ3v) is 5.81. The first-order valence-corrected chi connectivity index (χ1v) is 10.3. The van der Waals surface area contributed by atoms with Gasteiger partial charge in [-0.15, -0.1) is 5.10 Å². The number of carbonyl (C=O) groups is 1. The maximum absolute atomic E-state index is 13.0. The van der Waals surface area contributed by atoms with E-state index in [0.29, 0.717) is 11.3 Å². The minimum Gasteiger partial charge on any atom is -0.497 e. The number of sulfone groups is 1. The first-order chi connectivity index (χ1) is 13.9. The van der Waals surface area contributed by atoms with Crippen LogP contribution in [0.25, 0.3) is 11.5 Å². The summed E-state index contributed by atoms with van der Waals surface area (Å²) >= 11 is 0. The quantitative estimate of drug-likeness (QED) is 0.597. The number of ether oxygens (including phenoxy) is 1. The number of aromatic nitrogens is 2. The van der Waals surface area contributed by atoms with E-state index >= 15 is 0 Å². The highest BCUT2D eigenvalue weighted by Gasteiger charge is 2.16. The van der Waals surface area contributed by atoms with Crippen LogP contribution in [0.5, 0.6) is 5.75 Å². The summed E-state index contributed by atoms with van der Waals surface area (Å²) in [7, 11) is -2.01. The van der Waals surface area contributed by atoms with E-state index in [1.54, 1.807) is 12.1 Å². The number of rotatable bonds is 8. The maximum Gasteiger partial charge on any atom is 0.322 e. The normalized spacial score (nSPS) is 11.2. The molecule has 0 saturated heterocycles. The second-order valence-electron chi connectivity index (χ2n) is 6.07. The number of hydrogen-bond donors (Lipinski definition) is 1. The van der Waals surface area contributed by atoms with E-state index in [1.807, 2.05) is 0 Å². The number of nitrogens with one attached hydrogen (secondary N) is 1. The van der Waals surface area contributed by atoms with Gasteiger partial charge in [-0.1, -0.05) is 5.10 Å². The molecule has 0 atom stereocenters. The monoisotopic (exact) mass is 419 g/mol. The lowest BCUT2D eigenvalue weighted by Crippen LogP contribution is -2.14. The first kappa shape index (κ1) is 20.5. The average Bonchev–Trinajstić information content (AvgIpc) is 3.16. The number of anilines is 1. The Morgan fingerprint density at radius 1 is 1.10 bits per heavy atom. The number of halogens is 1. The molecule has 0 aliphatic heterocycles. The standard InChI is InChI=1S/C19H18FN3O5S/c1-27-15-8-10-16(11-9-15)29(25,26)12-2-3-17(24)21-19-23-22-18(28-19)13-4-6-14(20)7-5-13/h4-11H,2-3,12H2,1H3,(H,21,23,24). The summed E-state index contributed by atoms with van der Waals surface area (Å²) in [6.07, 6.45) is 0.0861. The fraction of sp³-hybridized carbons (Fsp3) is 0.211. The zero-order valence-electron chi connectivity index (χ0n) is 15.5. The molecule has 1 heterocycles. The Labute approximate surface area is 166 Å². The van der Waals surface area contributed by atoms with Gasteiger partial charge < -0.3 is 9.15 Å². The number of amides is 1. The third kappa shape index (κ3) is 5.38. The van der Waals surface area contributed by atoms with E-state index in [4.69, 9.17) is 9.15 Å². The van der Waals surface area contributed by atoms with Crippen LogP contribution >= 0.6 is 0 Å². The van der Waals surface area contributed by atoms with Crippen LogP contribution < -0.4 is 10.1 Å². The molecule has 1 N–H and O–H groups in total. The summed E-state index contributed by atoms with van der Waals surface area (Å²) < 4.78 is 47.9. The molecule has 29 heavy (non-hydrogen) atoms. The molecule has 3 rings (SSSR count). The van der Waals surface area contributed by atoms with Crippen LogP contribution in [-0.2, 0) is 14.6 Å². The van der Waals surface area contributed by atoms with Gasteiger partial charge in [-0.3, -0.25) is 10.1 Å².